The molecule has 0 aliphatic rings. The first-order valence-corrected chi connectivity index (χ1v) is 6.26. The quantitative estimate of drug-likeness (QED) is 0.782. The minimum atomic E-state index is -0.0188. The van der Waals surface area contributed by atoms with Crippen LogP contribution >= 0.6 is 23.2 Å². The summed E-state index contributed by atoms with van der Waals surface area (Å²) in [5.41, 5.74) is 7.36. The van der Waals surface area contributed by atoms with E-state index in [1.54, 1.807) is 18.2 Å². The smallest absolute Gasteiger partial charge is 0.319 e. The van der Waals surface area contributed by atoms with Crippen LogP contribution in [-0.2, 0) is 0 Å². The summed E-state index contributed by atoms with van der Waals surface area (Å²) < 4.78 is 4.72. The number of benzene rings is 1. The van der Waals surface area contributed by atoms with Crippen LogP contribution < -0.4 is 5.73 Å². The van der Waals surface area contributed by atoms with Gasteiger partial charge < -0.3 is 10.3 Å². The van der Waals surface area contributed by atoms with Crippen molar-refractivity contribution in [2.24, 2.45) is 0 Å². The van der Waals surface area contributed by atoms with E-state index in [1.165, 1.54) is 6.33 Å². The molecule has 0 fully saturated rings. The predicted molar refractivity (Wildman–Crippen MR) is 75.2 cm³/mol. The highest BCUT2D eigenvalue weighted by atomic mass is 35.5. The maximum Gasteiger partial charge on any atom is 0.319 e. The number of hydrogen-bond acceptors (Lipinski definition) is 6. The van der Waals surface area contributed by atoms with Crippen molar-refractivity contribution in [3.05, 3.63) is 40.6 Å². The summed E-state index contributed by atoms with van der Waals surface area (Å²) in [6, 6.07) is 6.93. The van der Waals surface area contributed by atoms with Gasteiger partial charge in [-0.25, -0.2) is 9.97 Å². The van der Waals surface area contributed by atoms with Crippen molar-refractivity contribution in [3.8, 4) is 22.8 Å². The lowest BCUT2D eigenvalue weighted by Crippen LogP contribution is -1.91. The van der Waals surface area contributed by atoms with Gasteiger partial charge in [0.25, 0.3) is 0 Å². The van der Waals surface area contributed by atoms with Crippen LogP contribution in [0, 0.1) is 0 Å². The Labute approximate surface area is 123 Å². The SMILES string of the molecule is Nc1nc(-c2cc(-c3ccc(Cl)c(Cl)c3)ncn2)no1. The van der Waals surface area contributed by atoms with E-state index in [2.05, 4.69) is 20.1 Å². The van der Waals surface area contributed by atoms with Crippen molar-refractivity contribution in [3.63, 3.8) is 0 Å². The van der Waals surface area contributed by atoms with E-state index >= 15 is 0 Å². The Hall–Kier alpha value is -2.18. The maximum atomic E-state index is 5.99. The Balaban J connectivity index is 2.04. The van der Waals surface area contributed by atoms with Crippen LogP contribution in [0.1, 0.15) is 0 Å². The molecule has 0 aliphatic heterocycles. The molecule has 0 saturated carbocycles. The van der Waals surface area contributed by atoms with Crippen LogP contribution in [0.3, 0.4) is 0 Å². The molecule has 2 heterocycles. The van der Waals surface area contributed by atoms with Crippen LogP contribution in [0.5, 0.6) is 0 Å². The van der Waals surface area contributed by atoms with Gasteiger partial charge in [0.05, 0.1) is 15.7 Å². The molecule has 3 aromatic rings. The van der Waals surface area contributed by atoms with Crippen LogP contribution in [0.15, 0.2) is 35.1 Å². The minimum absolute atomic E-state index is 0.0188. The fourth-order valence-electron chi connectivity index (χ4n) is 1.63. The first-order valence-electron chi connectivity index (χ1n) is 5.50. The van der Waals surface area contributed by atoms with Gasteiger partial charge in [-0.15, -0.1) is 0 Å². The largest absolute Gasteiger partial charge is 0.351 e. The van der Waals surface area contributed by atoms with Crippen LogP contribution in [0.4, 0.5) is 6.01 Å². The molecule has 0 unspecified atom stereocenters. The van der Waals surface area contributed by atoms with Gasteiger partial charge in [0.15, 0.2) is 0 Å². The monoisotopic (exact) mass is 307 g/mol. The minimum Gasteiger partial charge on any atom is -0.351 e. The third-order valence-electron chi connectivity index (χ3n) is 2.55. The molecule has 0 spiro atoms. The van der Waals surface area contributed by atoms with E-state index in [0.717, 1.165) is 5.56 Å². The van der Waals surface area contributed by atoms with E-state index in [9.17, 15) is 0 Å². The number of hydrogen-bond donors (Lipinski definition) is 1. The van der Waals surface area contributed by atoms with Gasteiger partial charge in [0.1, 0.15) is 12.0 Å². The fourth-order valence-corrected chi connectivity index (χ4v) is 1.93. The van der Waals surface area contributed by atoms with Crippen molar-refractivity contribution < 1.29 is 4.52 Å². The molecule has 0 atom stereocenters. The van der Waals surface area contributed by atoms with Gasteiger partial charge in [-0.1, -0.05) is 34.4 Å². The number of nitrogens with two attached hydrogens (primary N) is 1. The van der Waals surface area contributed by atoms with Crippen molar-refractivity contribution in [1.29, 1.82) is 0 Å². The molecule has 8 heteroatoms. The molecule has 1 aromatic carbocycles. The standard InChI is InChI=1S/C12H7Cl2N5O/c13-7-2-1-6(3-8(7)14)9-4-10(17-5-16-9)11-18-12(15)20-19-11/h1-5H,(H2,15,18,19). The van der Waals surface area contributed by atoms with Crippen LogP contribution in [0.2, 0.25) is 10.0 Å². The fraction of sp³-hybridized carbons (Fsp3) is 0. The summed E-state index contributed by atoms with van der Waals surface area (Å²) in [6.07, 6.45) is 1.40. The van der Waals surface area contributed by atoms with Gasteiger partial charge in [-0.3, -0.25) is 0 Å². The van der Waals surface area contributed by atoms with Gasteiger partial charge >= 0.3 is 6.01 Å². The molecular formula is C12H7Cl2N5O. The Morgan fingerprint density at radius 2 is 1.80 bits per heavy atom. The third kappa shape index (κ3) is 2.43. The van der Waals surface area contributed by atoms with Crippen molar-refractivity contribution in [1.82, 2.24) is 20.1 Å². The molecule has 0 saturated heterocycles. The van der Waals surface area contributed by atoms with Crippen molar-refractivity contribution in [2.45, 2.75) is 0 Å². The lowest BCUT2D eigenvalue weighted by Gasteiger charge is -2.03. The molecule has 0 amide bonds. The number of rotatable bonds is 2. The summed E-state index contributed by atoms with van der Waals surface area (Å²) in [6.45, 7) is 0. The van der Waals surface area contributed by atoms with Crippen molar-refractivity contribution >= 4 is 29.2 Å². The lowest BCUT2D eigenvalue weighted by atomic mass is 10.1. The Morgan fingerprint density at radius 3 is 2.50 bits per heavy atom. The molecule has 2 N–H and O–H groups in total. The predicted octanol–water partition coefficient (Wildman–Crippen LogP) is 3.08. The number of nitrogen functional groups attached to an aromatic ring is 1. The van der Waals surface area contributed by atoms with Crippen LogP contribution in [-0.4, -0.2) is 20.1 Å². The third-order valence-corrected chi connectivity index (χ3v) is 3.29. The molecule has 2 aromatic heterocycles. The molecule has 0 aliphatic carbocycles. The highest BCUT2D eigenvalue weighted by Crippen LogP contribution is 2.28. The van der Waals surface area contributed by atoms with Gasteiger partial charge in [-0.05, 0) is 18.2 Å². The Kier molecular flexibility index (Phi) is 3.25. The second-order valence-electron chi connectivity index (χ2n) is 3.87. The van der Waals surface area contributed by atoms with E-state index < -0.39 is 0 Å². The molecule has 0 radical (unpaired) electrons. The first-order chi connectivity index (χ1) is 9.63. The number of anilines is 1. The van der Waals surface area contributed by atoms with Gasteiger partial charge in [0.2, 0.25) is 5.82 Å². The average molecular weight is 308 g/mol. The zero-order valence-corrected chi connectivity index (χ0v) is 11.4. The first kappa shape index (κ1) is 12.8. The highest BCUT2D eigenvalue weighted by molar-refractivity contribution is 6.42. The number of aromatic nitrogens is 4. The summed E-state index contributed by atoms with van der Waals surface area (Å²) in [7, 11) is 0. The van der Waals surface area contributed by atoms with Crippen LogP contribution in [0.25, 0.3) is 22.8 Å². The normalized spacial score (nSPS) is 10.7. The highest BCUT2D eigenvalue weighted by Gasteiger charge is 2.10. The second-order valence-corrected chi connectivity index (χ2v) is 4.69. The Morgan fingerprint density at radius 1 is 1.00 bits per heavy atom. The van der Waals surface area contributed by atoms with Crippen molar-refractivity contribution in [2.75, 3.05) is 5.73 Å². The van der Waals surface area contributed by atoms with Gasteiger partial charge in [0, 0.05) is 5.56 Å². The summed E-state index contributed by atoms with van der Waals surface area (Å²) in [4.78, 5) is 12.2. The number of nitrogens with zero attached hydrogens (tertiary/aromatic N) is 4. The molecule has 0 bridgehead atoms. The number of halogens is 2. The topological polar surface area (TPSA) is 90.7 Å². The van der Waals surface area contributed by atoms with E-state index in [-0.39, 0.29) is 6.01 Å². The van der Waals surface area contributed by atoms with E-state index in [0.29, 0.717) is 27.3 Å². The molecule has 20 heavy (non-hydrogen) atoms. The van der Waals surface area contributed by atoms with Gasteiger partial charge in [-0.2, -0.15) is 4.98 Å². The van der Waals surface area contributed by atoms with E-state index in [1.807, 2.05) is 6.07 Å². The summed E-state index contributed by atoms with van der Waals surface area (Å²) >= 11 is 11.9. The second kappa shape index (κ2) is 5.07. The maximum absolute atomic E-state index is 5.99. The zero-order chi connectivity index (χ0) is 14.1. The molecular weight excluding hydrogens is 301 g/mol. The summed E-state index contributed by atoms with van der Waals surface area (Å²) in [5, 5.41) is 4.64. The molecule has 100 valence electrons. The van der Waals surface area contributed by atoms with E-state index in [4.69, 9.17) is 33.5 Å². The molecule has 3 rings (SSSR count). The zero-order valence-electron chi connectivity index (χ0n) is 9.92. The summed E-state index contributed by atoms with van der Waals surface area (Å²) in [5.74, 6) is 0.297. The molecule has 6 nitrogen and oxygen atoms in total. The average Bonchev–Trinajstić information content (AvgIpc) is 2.89. The lowest BCUT2D eigenvalue weighted by molar-refractivity contribution is 0.436. The Bertz CT molecular complexity index is 774.